The Labute approximate surface area is 146 Å². The van der Waals surface area contributed by atoms with Crippen LogP contribution in [0.1, 0.15) is 30.1 Å². The molecule has 0 saturated heterocycles. The maximum Gasteiger partial charge on any atom is 0.338 e. The van der Waals surface area contributed by atoms with Crippen LogP contribution in [0.5, 0.6) is 0 Å². The van der Waals surface area contributed by atoms with Crippen molar-refractivity contribution in [3.8, 4) is 0 Å². The van der Waals surface area contributed by atoms with E-state index in [4.69, 9.17) is 4.74 Å². The number of carbonyl (C=O) groups excluding carboxylic acids is 3. The van der Waals surface area contributed by atoms with Gasteiger partial charge in [-0.3, -0.25) is 10.1 Å². The SMILES string of the molecule is CCCCNC(=O)NC(=O)COC(=O)c1ccc(S(=O)(=O)NC)cc1. The number of benzene rings is 1. The number of sulfonamides is 1. The molecule has 0 spiro atoms. The van der Waals surface area contributed by atoms with Crippen LogP contribution < -0.4 is 15.4 Å². The van der Waals surface area contributed by atoms with E-state index in [1.165, 1.54) is 31.3 Å². The summed E-state index contributed by atoms with van der Waals surface area (Å²) in [7, 11) is -2.33. The fourth-order valence-corrected chi connectivity index (χ4v) is 2.42. The third-order valence-electron chi connectivity index (χ3n) is 3.07. The largest absolute Gasteiger partial charge is 0.452 e. The molecule has 1 aromatic rings. The minimum Gasteiger partial charge on any atom is -0.452 e. The Morgan fingerprint density at radius 1 is 1.12 bits per heavy atom. The number of rotatable bonds is 8. The molecule has 0 aliphatic rings. The van der Waals surface area contributed by atoms with Crippen molar-refractivity contribution in [2.75, 3.05) is 20.2 Å². The summed E-state index contributed by atoms with van der Waals surface area (Å²) in [5.74, 6) is -1.58. The third kappa shape index (κ3) is 6.89. The van der Waals surface area contributed by atoms with Gasteiger partial charge in [-0.1, -0.05) is 13.3 Å². The zero-order valence-electron chi connectivity index (χ0n) is 14.0. The van der Waals surface area contributed by atoms with E-state index >= 15 is 0 Å². The van der Waals surface area contributed by atoms with Crippen molar-refractivity contribution < 1.29 is 27.5 Å². The Morgan fingerprint density at radius 2 is 1.76 bits per heavy atom. The molecule has 0 bridgehead atoms. The molecule has 3 N–H and O–H groups in total. The van der Waals surface area contributed by atoms with E-state index in [-0.39, 0.29) is 10.5 Å². The average molecular weight is 371 g/mol. The fraction of sp³-hybridized carbons (Fsp3) is 0.400. The predicted molar refractivity (Wildman–Crippen MR) is 89.4 cm³/mol. The summed E-state index contributed by atoms with van der Waals surface area (Å²) in [5.41, 5.74) is 0.0789. The number of imide groups is 1. The molecule has 0 aromatic heterocycles. The topological polar surface area (TPSA) is 131 Å². The Hall–Kier alpha value is -2.46. The van der Waals surface area contributed by atoms with Gasteiger partial charge in [-0.2, -0.15) is 0 Å². The molecular formula is C15H21N3O6S. The highest BCUT2D eigenvalue weighted by atomic mass is 32.2. The first-order valence-corrected chi connectivity index (χ1v) is 9.07. The van der Waals surface area contributed by atoms with Crippen molar-refractivity contribution in [2.24, 2.45) is 0 Å². The first-order chi connectivity index (χ1) is 11.8. The van der Waals surface area contributed by atoms with Gasteiger partial charge in [0.15, 0.2) is 6.61 Å². The molecule has 0 radical (unpaired) electrons. The van der Waals surface area contributed by atoms with Gasteiger partial charge in [-0.15, -0.1) is 0 Å². The van der Waals surface area contributed by atoms with Gasteiger partial charge in [0.1, 0.15) is 0 Å². The van der Waals surface area contributed by atoms with Crippen molar-refractivity contribution in [1.82, 2.24) is 15.4 Å². The molecular weight excluding hydrogens is 350 g/mol. The lowest BCUT2D eigenvalue weighted by Gasteiger charge is -2.07. The standard InChI is InChI=1S/C15H21N3O6S/c1-3-4-9-17-15(21)18-13(19)10-24-14(20)11-5-7-12(8-6-11)25(22,23)16-2/h5-8,16H,3-4,9-10H2,1-2H3,(H2,17,18,19,21). The predicted octanol–water partition coefficient (Wildman–Crippen LogP) is 0.377. The van der Waals surface area contributed by atoms with Crippen LogP contribution in [-0.4, -0.2) is 46.5 Å². The van der Waals surface area contributed by atoms with Crippen LogP contribution in [0.4, 0.5) is 4.79 Å². The molecule has 0 saturated carbocycles. The van der Waals surface area contributed by atoms with Crippen molar-refractivity contribution in [3.63, 3.8) is 0 Å². The lowest BCUT2D eigenvalue weighted by molar-refractivity contribution is -0.123. The van der Waals surface area contributed by atoms with Crippen molar-refractivity contribution in [2.45, 2.75) is 24.7 Å². The molecule has 0 aliphatic heterocycles. The second-order valence-electron chi connectivity index (χ2n) is 4.97. The number of ether oxygens (including phenoxy) is 1. The number of amides is 3. The quantitative estimate of drug-likeness (QED) is 0.447. The number of hydrogen-bond acceptors (Lipinski definition) is 6. The smallest absolute Gasteiger partial charge is 0.338 e. The lowest BCUT2D eigenvalue weighted by atomic mass is 10.2. The molecule has 138 valence electrons. The van der Waals surface area contributed by atoms with Crippen LogP contribution >= 0.6 is 0 Å². The highest BCUT2D eigenvalue weighted by molar-refractivity contribution is 7.89. The minimum absolute atomic E-state index is 0.00644. The van der Waals surface area contributed by atoms with E-state index < -0.39 is 34.5 Å². The van der Waals surface area contributed by atoms with E-state index in [0.29, 0.717) is 6.54 Å². The molecule has 0 unspecified atom stereocenters. The molecule has 10 heteroatoms. The molecule has 0 atom stereocenters. The number of urea groups is 1. The van der Waals surface area contributed by atoms with Crippen LogP contribution in [0.2, 0.25) is 0 Å². The van der Waals surface area contributed by atoms with Crippen LogP contribution in [0.3, 0.4) is 0 Å². The number of carbonyl (C=O) groups is 3. The summed E-state index contributed by atoms with van der Waals surface area (Å²) in [6.45, 7) is 1.78. The Balaban J connectivity index is 2.49. The second kappa shape index (κ2) is 9.74. The molecule has 1 rings (SSSR count). The fourth-order valence-electron chi connectivity index (χ4n) is 1.69. The second-order valence-corrected chi connectivity index (χ2v) is 6.85. The first-order valence-electron chi connectivity index (χ1n) is 7.58. The zero-order chi connectivity index (χ0) is 18.9. The molecule has 9 nitrogen and oxygen atoms in total. The van der Waals surface area contributed by atoms with Gasteiger partial charge < -0.3 is 10.1 Å². The van der Waals surface area contributed by atoms with Crippen LogP contribution in [0.15, 0.2) is 29.2 Å². The van der Waals surface area contributed by atoms with Gasteiger partial charge in [-0.25, -0.2) is 22.7 Å². The Bertz CT molecular complexity index is 715. The van der Waals surface area contributed by atoms with Crippen molar-refractivity contribution in [1.29, 1.82) is 0 Å². The maximum atomic E-state index is 11.8. The van der Waals surface area contributed by atoms with Gasteiger partial charge >= 0.3 is 12.0 Å². The molecule has 0 fully saturated rings. The molecule has 0 aliphatic carbocycles. The lowest BCUT2D eigenvalue weighted by Crippen LogP contribution is -2.41. The Morgan fingerprint density at radius 3 is 2.32 bits per heavy atom. The first kappa shape index (κ1) is 20.6. The van der Waals surface area contributed by atoms with E-state index in [0.717, 1.165) is 12.8 Å². The van der Waals surface area contributed by atoms with Crippen LogP contribution in [0, 0.1) is 0 Å². The van der Waals surface area contributed by atoms with Crippen molar-refractivity contribution >= 4 is 27.9 Å². The summed E-state index contributed by atoms with van der Waals surface area (Å²) in [6.07, 6.45) is 1.69. The molecule has 0 heterocycles. The van der Waals surface area contributed by atoms with Crippen LogP contribution in [0.25, 0.3) is 0 Å². The summed E-state index contributed by atoms with van der Waals surface area (Å²) < 4.78 is 30.1. The van der Waals surface area contributed by atoms with Gasteiger partial charge in [-0.05, 0) is 37.7 Å². The maximum absolute atomic E-state index is 11.8. The molecule has 25 heavy (non-hydrogen) atoms. The summed E-state index contributed by atoms with van der Waals surface area (Å²) in [4.78, 5) is 34.7. The highest BCUT2D eigenvalue weighted by Gasteiger charge is 2.15. The van der Waals surface area contributed by atoms with Crippen molar-refractivity contribution in [3.05, 3.63) is 29.8 Å². The number of unbranched alkanes of at least 4 members (excludes halogenated alkanes) is 1. The van der Waals surface area contributed by atoms with Gasteiger partial charge in [0, 0.05) is 6.54 Å². The van der Waals surface area contributed by atoms with E-state index in [2.05, 4.69) is 10.0 Å². The highest BCUT2D eigenvalue weighted by Crippen LogP contribution is 2.10. The van der Waals surface area contributed by atoms with E-state index in [1.54, 1.807) is 0 Å². The average Bonchev–Trinajstić information content (AvgIpc) is 2.60. The van der Waals surface area contributed by atoms with E-state index in [1.807, 2.05) is 12.2 Å². The number of hydrogen-bond donors (Lipinski definition) is 3. The molecule has 3 amide bonds. The zero-order valence-corrected chi connectivity index (χ0v) is 14.8. The number of esters is 1. The minimum atomic E-state index is -3.60. The molecule has 1 aromatic carbocycles. The summed E-state index contributed by atoms with van der Waals surface area (Å²) >= 11 is 0. The van der Waals surface area contributed by atoms with Crippen LogP contribution in [-0.2, 0) is 19.6 Å². The van der Waals surface area contributed by atoms with E-state index in [9.17, 15) is 22.8 Å². The third-order valence-corrected chi connectivity index (χ3v) is 4.50. The number of nitrogens with one attached hydrogen (secondary N) is 3. The normalized spacial score (nSPS) is 10.8. The summed E-state index contributed by atoms with van der Waals surface area (Å²) in [5, 5.41) is 4.51. The summed E-state index contributed by atoms with van der Waals surface area (Å²) in [6, 6.07) is 4.35. The van der Waals surface area contributed by atoms with Gasteiger partial charge in [0.2, 0.25) is 10.0 Å². The van der Waals surface area contributed by atoms with Gasteiger partial charge in [0.25, 0.3) is 5.91 Å². The monoisotopic (exact) mass is 371 g/mol. The Kier molecular flexibility index (Phi) is 8.02. The van der Waals surface area contributed by atoms with Gasteiger partial charge in [0.05, 0.1) is 10.5 Å².